The van der Waals surface area contributed by atoms with E-state index in [9.17, 15) is 18.0 Å². The fourth-order valence-corrected chi connectivity index (χ4v) is 1.12. The summed E-state index contributed by atoms with van der Waals surface area (Å²) in [5.41, 5.74) is 2.09. The maximum atomic E-state index is 12.5. The summed E-state index contributed by atoms with van der Waals surface area (Å²) >= 11 is 0. The van der Waals surface area contributed by atoms with Gasteiger partial charge in [0.1, 0.15) is 12.2 Å². The number of nitrogens with two attached hydrogens (primary N) is 1. The molecule has 0 aliphatic carbocycles. The zero-order valence-electron chi connectivity index (χ0n) is 9.25. The van der Waals surface area contributed by atoms with E-state index in [4.69, 9.17) is 5.73 Å². The Morgan fingerprint density at radius 1 is 1.59 bits per heavy atom. The first kappa shape index (κ1) is 13.4. The van der Waals surface area contributed by atoms with Gasteiger partial charge in [-0.05, 0) is 6.92 Å². The van der Waals surface area contributed by atoms with Crippen LogP contribution in [-0.4, -0.2) is 44.8 Å². The number of carbonyl (C=O) groups is 1. The van der Waals surface area contributed by atoms with Crippen molar-refractivity contribution >= 4 is 5.91 Å². The van der Waals surface area contributed by atoms with Gasteiger partial charge >= 0.3 is 6.18 Å². The van der Waals surface area contributed by atoms with Crippen LogP contribution in [0.5, 0.6) is 0 Å². The molecule has 0 radical (unpaired) electrons. The maximum absolute atomic E-state index is 12.5. The quantitative estimate of drug-likeness (QED) is 0.794. The molecule has 1 heterocycles. The van der Waals surface area contributed by atoms with Crippen LogP contribution in [0.4, 0.5) is 13.2 Å². The minimum atomic E-state index is -4.81. The topological polar surface area (TPSA) is 87.9 Å². The van der Waals surface area contributed by atoms with Crippen LogP contribution in [0.15, 0.2) is 6.33 Å². The van der Waals surface area contributed by atoms with Crippen molar-refractivity contribution in [3.05, 3.63) is 12.2 Å². The molecule has 1 aromatic heterocycles. The number of amides is 1. The Hall–Kier alpha value is -1.64. The fourth-order valence-electron chi connectivity index (χ4n) is 1.12. The third-order valence-electron chi connectivity index (χ3n) is 2.23. The van der Waals surface area contributed by atoms with Crippen LogP contribution in [-0.2, 0) is 11.3 Å². The van der Waals surface area contributed by atoms with Crippen LogP contribution in [0.2, 0.25) is 0 Å². The Labute approximate surface area is 95.0 Å². The molecule has 1 atom stereocenters. The largest absolute Gasteiger partial charge is 0.415 e. The van der Waals surface area contributed by atoms with E-state index < -0.39 is 17.6 Å². The number of nitrogens with one attached hydrogen (secondary N) is 1. The summed E-state index contributed by atoms with van der Waals surface area (Å²) < 4.78 is 37.5. The third-order valence-corrected chi connectivity index (χ3v) is 2.23. The molecule has 0 saturated carbocycles. The Morgan fingerprint density at radius 3 is 2.59 bits per heavy atom. The Morgan fingerprint density at radius 2 is 2.18 bits per heavy atom. The molecular weight excluding hydrogens is 239 g/mol. The number of rotatable bonds is 3. The van der Waals surface area contributed by atoms with Gasteiger partial charge in [-0.15, -0.1) is 0 Å². The van der Waals surface area contributed by atoms with Crippen molar-refractivity contribution in [1.82, 2.24) is 20.1 Å². The van der Waals surface area contributed by atoms with Gasteiger partial charge in [-0.1, -0.05) is 0 Å². The molecule has 1 aromatic rings. The number of halogens is 3. The smallest absolute Gasteiger partial charge is 0.336 e. The van der Waals surface area contributed by atoms with Gasteiger partial charge in [-0.3, -0.25) is 9.89 Å². The Bertz CT molecular complexity index is 386. The average Bonchev–Trinajstić information content (AvgIpc) is 2.67. The fraction of sp³-hybridized carbons (Fsp3) is 0.625. The minimum absolute atomic E-state index is 0.123. The van der Waals surface area contributed by atoms with E-state index >= 15 is 0 Å². The van der Waals surface area contributed by atoms with Gasteiger partial charge in [0, 0.05) is 7.05 Å². The summed E-state index contributed by atoms with van der Waals surface area (Å²) in [6.07, 6.45) is -3.61. The van der Waals surface area contributed by atoms with Gasteiger partial charge in [-0.2, -0.15) is 18.3 Å². The monoisotopic (exact) mass is 251 g/mol. The number of hydrogen-bond acceptors (Lipinski definition) is 4. The summed E-state index contributed by atoms with van der Waals surface area (Å²) in [6, 6.07) is 0. The lowest BCUT2D eigenvalue weighted by Crippen LogP contribution is -2.61. The molecule has 3 N–H and O–H groups in total. The molecule has 0 spiro atoms. The zero-order chi connectivity index (χ0) is 13.3. The van der Waals surface area contributed by atoms with Crippen molar-refractivity contribution in [3.8, 4) is 0 Å². The van der Waals surface area contributed by atoms with Crippen LogP contribution < -0.4 is 5.73 Å². The molecule has 0 bridgehead atoms. The van der Waals surface area contributed by atoms with Gasteiger partial charge in [0.05, 0.1) is 6.54 Å². The molecule has 96 valence electrons. The standard InChI is InChI=1S/C8H12F3N5O/c1-7(12,8(9,10)11)6(17)16(2)3-5-13-4-14-15-5/h4H,3,12H2,1-2H3,(H,13,14,15). The number of H-pyrrole nitrogens is 1. The second-order valence-corrected chi connectivity index (χ2v) is 3.79. The zero-order valence-corrected chi connectivity index (χ0v) is 9.25. The number of aromatic nitrogens is 3. The van der Waals surface area contributed by atoms with Crippen molar-refractivity contribution < 1.29 is 18.0 Å². The van der Waals surface area contributed by atoms with Gasteiger partial charge in [0.15, 0.2) is 5.54 Å². The number of hydrogen-bond donors (Lipinski definition) is 2. The molecule has 17 heavy (non-hydrogen) atoms. The van der Waals surface area contributed by atoms with Gasteiger partial charge in [-0.25, -0.2) is 4.98 Å². The molecule has 0 saturated heterocycles. The van der Waals surface area contributed by atoms with Crippen LogP contribution in [0.1, 0.15) is 12.7 Å². The second kappa shape index (κ2) is 4.32. The number of aromatic amines is 1. The van der Waals surface area contributed by atoms with Crippen LogP contribution >= 0.6 is 0 Å². The minimum Gasteiger partial charge on any atom is -0.336 e. The van der Waals surface area contributed by atoms with E-state index in [1.807, 2.05) is 0 Å². The molecule has 0 fully saturated rings. The number of nitrogens with zero attached hydrogens (tertiary/aromatic N) is 3. The SMILES string of the molecule is CN(Cc1ncn[nH]1)C(=O)C(C)(N)C(F)(F)F. The van der Waals surface area contributed by atoms with Crippen molar-refractivity contribution in [1.29, 1.82) is 0 Å². The highest BCUT2D eigenvalue weighted by molar-refractivity contribution is 5.86. The lowest BCUT2D eigenvalue weighted by molar-refractivity contribution is -0.193. The van der Waals surface area contributed by atoms with Crippen molar-refractivity contribution in [3.63, 3.8) is 0 Å². The van der Waals surface area contributed by atoms with Crippen LogP contribution in [0.3, 0.4) is 0 Å². The third kappa shape index (κ3) is 2.73. The van der Waals surface area contributed by atoms with Crippen molar-refractivity contribution in [2.75, 3.05) is 7.05 Å². The lowest BCUT2D eigenvalue weighted by Gasteiger charge is -2.30. The molecule has 6 nitrogen and oxygen atoms in total. The van der Waals surface area contributed by atoms with Gasteiger partial charge in [0.2, 0.25) is 0 Å². The van der Waals surface area contributed by atoms with E-state index in [-0.39, 0.29) is 12.4 Å². The highest BCUT2D eigenvalue weighted by Gasteiger charge is 2.54. The van der Waals surface area contributed by atoms with Crippen molar-refractivity contribution in [2.24, 2.45) is 5.73 Å². The van der Waals surface area contributed by atoms with Crippen molar-refractivity contribution in [2.45, 2.75) is 25.2 Å². The van der Waals surface area contributed by atoms with Crippen LogP contribution in [0, 0.1) is 0 Å². The first-order chi connectivity index (χ1) is 7.66. The van der Waals surface area contributed by atoms with E-state index in [1.165, 1.54) is 13.4 Å². The lowest BCUT2D eigenvalue weighted by atomic mass is 10.0. The molecule has 0 aliphatic rings. The molecule has 0 aliphatic heterocycles. The summed E-state index contributed by atoms with van der Waals surface area (Å²) in [7, 11) is 1.21. The van der Waals surface area contributed by atoms with E-state index in [1.54, 1.807) is 0 Å². The Kier molecular flexibility index (Phi) is 3.41. The predicted octanol–water partition coefficient (Wildman–Crippen LogP) is 0.0428. The molecule has 1 unspecified atom stereocenters. The average molecular weight is 251 g/mol. The Balaban J connectivity index is 2.76. The molecule has 1 rings (SSSR count). The first-order valence-electron chi connectivity index (χ1n) is 4.61. The number of alkyl halides is 3. The van der Waals surface area contributed by atoms with E-state index in [0.29, 0.717) is 6.92 Å². The summed E-state index contributed by atoms with van der Waals surface area (Å²) in [6.45, 7) is 0.508. The summed E-state index contributed by atoms with van der Waals surface area (Å²) in [4.78, 5) is 16.1. The van der Waals surface area contributed by atoms with E-state index in [2.05, 4.69) is 15.2 Å². The van der Waals surface area contributed by atoms with Gasteiger partial charge < -0.3 is 10.6 Å². The summed E-state index contributed by atoms with van der Waals surface area (Å²) in [5, 5.41) is 5.95. The molecule has 0 aromatic carbocycles. The molecule has 9 heteroatoms. The van der Waals surface area contributed by atoms with Crippen LogP contribution in [0.25, 0.3) is 0 Å². The normalized spacial score (nSPS) is 15.4. The number of carbonyl (C=O) groups excluding carboxylic acids is 1. The van der Waals surface area contributed by atoms with Gasteiger partial charge in [0.25, 0.3) is 5.91 Å². The molecule has 1 amide bonds. The van der Waals surface area contributed by atoms with E-state index in [0.717, 1.165) is 4.90 Å². The highest BCUT2D eigenvalue weighted by Crippen LogP contribution is 2.29. The first-order valence-corrected chi connectivity index (χ1v) is 4.61. The summed E-state index contributed by atoms with van der Waals surface area (Å²) in [5.74, 6) is -0.958. The second-order valence-electron chi connectivity index (χ2n) is 3.79. The maximum Gasteiger partial charge on any atom is 0.415 e. The predicted molar refractivity (Wildman–Crippen MR) is 51.5 cm³/mol. The highest BCUT2D eigenvalue weighted by atomic mass is 19.4. The molecular formula is C8H12F3N5O. The number of likely N-dealkylation sites (N-methyl/N-ethyl adjacent to an activating group) is 1.